The first-order valence-electron chi connectivity index (χ1n) is 6.66. The van der Waals surface area contributed by atoms with E-state index < -0.39 is 5.97 Å². The van der Waals surface area contributed by atoms with E-state index in [4.69, 9.17) is 4.74 Å². The average molecular weight is 319 g/mol. The molecule has 0 aliphatic rings. The van der Waals surface area contributed by atoms with Crippen molar-refractivity contribution in [2.45, 2.75) is 11.3 Å². The molecule has 0 saturated heterocycles. The van der Waals surface area contributed by atoms with Crippen LogP contribution in [0.5, 0.6) is 5.88 Å². The summed E-state index contributed by atoms with van der Waals surface area (Å²) in [4.78, 5) is 19.5. The molecule has 2 N–H and O–H groups in total. The summed E-state index contributed by atoms with van der Waals surface area (Å²) in [5.41, 5.74) is 0.896. The average Bonchev–Trinajstić information content (AvgIpc) is 2.55. The van der Waals surface area contributed by atoms with Crippen LogP contribution in [0.1, 0.15) is 22.0 Å². The summed E-state index contributed by atoms with van der Waals surface area (Å²) in [6.45, 7) is 0.529. The Balaban J connectivity index is 2.35. The van der Waals surface area contributed by atoms with E-state index in [-0.39, 0.29) is 17.5 Å². The van der Waals surface area contributed by atoms with Gasteiger partial charge >= 0.3 is 5.97 Å². The zero-order valence-corrected chi connectivity index (χ0v) is 13.1. The van der Waals surface area contributed by atoms with E-state index in [2.05, 4.69) is 15.3 Å². The molecule has 0 saturated carbocycles. The lowest BCUT2D eigenvalue weighted by molar-refractivity contribution is 0.0686. The molecule has 6 nitrogen and oxygen atoms in total. The Bertz CT molecular complexity index is 637. The molecule has 1 heterocycles. The van der Waals surface area contributed by atoms with E-state index in [1.165, 1.54) is 18.0 Å². The Labute approximate surface area is 132 Å². The maximum absolute atomic E-state index is 11.3. The van der Waals surface area contributed by atoms with E-state index in [1.54, 1.807) is 0 Å². The van der Waals surface area contributed by atoms with Crippen molar-refractivity contribution < 1.29 is 14.6 Å². The lowest BCUT2D eigenvalue weighted by Gasteiger charge is -2.19. The fraction of sp³-hybridized carbons (Fsp3) is 0.267. The largest absolute Gasteiger partial charge is 0.477 e. The molecule has 116 valence electrons. The summed E-state index contributed by atoms with van der Waals surface area (Å²) >= 11 is 1.33. The number of likely N-dealkylation sites (N-methyl/N-ethyl adjacent to an activating group) is 1. The molecule has 2 aromatic rings. The first-order valence-corrected chi connectivity index (χ1v) is 7.88. The van der Waals surface area contributed by atoms with Crippen molar-refractivity contribution in [2.24, 2.45) is 0 Å². The Morgan fingerprint density at radius 3 is 2.73 bits per heavy atom. The van der Waals surface area contributed by atoms with E-state index in [0.29, 0.717) is 11.7 Å². The zero-order valence-electron chi connectivity index (χ0n) is 12.3. The van der Waals surface area contributed by atoms with Crippen LogP contribution in [-0.4, -0.2) is 40.9 Å². The maximum atomic E-state index is 11.3. The van der Waals surface area contributed by atoms with Gasteiger partial charge in [-0.3, -0.25) is 0 Å². The number of carbonyl (C=O) groups is 1. The Kier molecular flexibility index (Phi) is 5.74. The molecule has 1 atom stereocenters. The smallest absolute Gasteiger partial charge is 0.342 e. The van der Waals surface area contributed by atoms with Crippen molar-refractivity contribution in [3.63, 3.8) is 0 Å². The summed E-state index contributed by atoms with van der Waals surface area (Å²) < 4.78 is 5.87. The minimum absolute atomic E-state index is 0.0464. The fourth-order valence-corrected chi connectivity index (χ4v) is 2.23. The van der Waals surface area contributed by atoms with E-state index in [9.17, 15) is 9.90 Å². The number of carboxylic acids is 1. The van der Waals surface area contributed by atoms with Gasteiger partial charge in [0.2, 0.25) is 5.88 Å². The monoisotopic (exact) mass is 319 g/mol. The number of hydrogen-bond donors (Lipinski definition) is 2. The molecule has 0 spiro atoms. The summed E-state index contributed by atoms with van der Waals surface area (Å²) in [5.74, 6) is -1.03. The zero-order chi connectivity index (χ0) is 15.9. The van der Waals surface area contributed by atoms with Gasteiger partial charge in [-0.15, -0.1) is 0 Å². The minimum atomic E-state index is -1.11. The van der Waals surface area contributed by atoms with Gasteiger partial charge in [0.1, 0.15) is 11.7 Å². The predicted octanol–water partition coefficient (Wildman–Crippen LogP) is 2.24. The van der Waals surface area contributed by atoms with Crippen LogP contribution in [0, 0.1) is 0 Å². The molecule has 0 amide bonds. The summed E-state index contributed by atoms with van der Waals surface area (Å²) in [5, 5.41) is 12.8. The van der Waals surface area contributed by atoms with Crippen LogP contribution in [0.25, 0.3) is 0 Å². The second-order valence-electron chi connectivity index (χ2n) is 4.46. The van der Waals surface area contributed by atoms with Gasteiger partial charge in [0.05, 0.1) is 0 Å². The molecule has 0 radical (unpaired) electrons. The number of aromatic nitrogens is 2. The highest BCUT2D eigenvalue weighted by atomic mass is 32.2. The quantitative estimate of drug-likeness (QED) is 0.598. The molecule has 22 heavy (non-hydrogen) atoms. The van der Waals surface area contributed by atoms with Gasteiger partial charge in [-0.05, 0) is 18.9 Å². The number of benzene rings is 1. The van der Waals surface area contributed by atoms with Crippen molar-refractivity contribution in [1.82, 2.24) is 15.3 Å². The lowest BCUT2D eigenvalue weighted by Crippen LogP contribution is -2.23. The van der Waals surface area contributed by atoms with E-state index in [1.807, 2.05) is 43.6 Å². The second kappa shape index (κ2) is 7.77. The highest BCUT2D eigenvalue weighted by Gasteiger charge is 2.20. The topological polar surface area (TPSA) is 84.3 Å². The molecular weight excluding hydrogens is 302 g/mol. The van der Waals surface area contributed by atoms with Crippen molar-refractivity contribution in [1.29, 1.82) is 0 Å². The van der Waals surface area contributed by atoms with E-state index in [0.717, 1.165) is 5.56 Å². The standard InChI is InChI=1S/C15H17N3O3S/c1-16-9-12(10-6-4-3-5-7-10)21-13-11(14(19)20)8-17-15(18-13)22-2/h3-8,12,16H,9H2,1-2H3,(H,19,20). The molecule has 0 aliphatic carbocycles. The summed E-state index contributed by atoms with van der Waals surface area (Å²) in [7, 11) is 1.81. The molecule has 7 heteroatoms. The maximum Gasteiger partial charge on any atom is 0.342 e. The molecule has 2 rings (SSSR count). The highest BCUT2D eigenvalue weighted by Crippen LogP contribution is 2.25. The van der Waals surface area contributed by atoms with Gasteiger partial charge in [-0.25, -0.2) is 9.78 Å². The molecule has 1 aromatic heterocycles. The van der Waals surface area contributed by atoms with Gasteiger partial charge < -0.3 is 15.2 Å². The first-order chi connectivity index (χ1) is 10.7. The number of nitrogens with one attached hydrogen (secondary N) is 1. The van der Waals surface area contributed by atoms with Crippen LogP contribution in [0.15, 0.2) is 41.7 Å². The Morgan fingerprint density at radius 2 is 2.14 bits per heavy atom. The van der Waals surface area contributed by atoms with Gasteiger partial charge in [0.25, 0.3) is 0 Å². The van der Waals surface area contributed by atoms with Crippen LogP contribution >= 0.6 is 11.8 Å². The van der Waals surface area contributed by atoms with Crippen LogP contribution in [0.3, 0.4) is 0 Å². The second-order valence-corrected chi connectivity index (χ2v) is 5.23. The van der Waals surface area contributed by atoms with Crippen molar-refractivity contribution in [3.05, 3.63) is 47.7 Å². The molecule has 1 unspecified atom stereocenters. The van der Waals surface area contributed by atoms with Gasteiger partial charge in [0, 0.05) is 12.7 Å². The SMILES string of the molecule is CNCC(Oc1nc(SC)ncc1C(=O)O)c1ccccc1. The third kappa shape index (κ3) is 3.96. The number of nitrogens with zero attached hydrogens (tertiary/aromatic N) is 2. The van der Waals surface area contributed by atoms with Crippen LogP contribution in [-0.2, 0) is 0 Å². The number of hydrogen-bond acceptors (Lipinski definition) is 6. The lowest BCUT2D eigenvalue weighted by atomic mass is 10.1. The van der Waals surface area contributed by atoms with Gasteiger partial charge in [0.15, 0.2) is 5.16 Å². The first kappa shape index (κ1) is 16.3. The van der Waals surface area contributed by atoms with Crippen LogP contribution in [0.4, 0.5) is 0 Å². The number of aromatic carboxylic acids is 1. The molecule has 0 bridgehead atoms. The summed E-state index contributed by atoms with van der Waals surface area (Å²) in [6.07, 6.45) is 2.76. The fourth-order valence-electron chi connectivity index (χ4n) is 1.90. The number of ether oxygens (including phenoxy) is 1. The normalized spacial score (nSPS) is 11.9. The van der Waals surface area contributed by atoms with Crippen LogP contribution in [0.2, 0.25) is 0 Å². The Morgan fingerprint density at radius 1 is 1.41 bits per heavy atom. The minimum Gasteiger partial charge on any atom is -0.477 e. The third-order valence-electron chi connectivity index (χ3n) is 2.96. The third-order valence-corrected chi connectivity index (χ3v) is 3.52. The molecule has 0 aliphatic heterocycles. The number of thioether (sulfide) groups is 1. The Hall–Kier alpha value is -2.12. The predicted molar refractivity (Wildman–Crippen MR) is 84.5 cm³/mol. The van der Waals surface area contributed by atoms with Crippen molar-refractivity contribution >= 4 is 17.7 Å². The van der Waals surface area contributed by atoms with Gasteiger partial charge in [-0.1, -0.05) is 42.1 Å². The van der Waals surface area contributed by atoms with Crippen molar-refractivity contribution in [3.8, 4) is 5.88 Å². The molecule has 0 fully saturated rings. The molecular formula is C15H17N3O3S. The highest BCUT2D eigenvalue weighted by molar-refractivity contribution is 7.98. The van der Waals surface area contributed by atoms with Crippen LogP contribution < -0.4 is 10.1 Å². The number of carboxylic acid groups (broad SMARTS) is 1. The summed E-state index contributed by atoms with van der Waals surface area (Å²) in [6, 6.07) is 9.59. The number of rotatable bonds is 7. The van der Waals surface area contributed by atoms with E-state index >= 15 is 0 Å². The van der Waals surface area contributed by atoms with Crippen molar-refractivity contribution in [2.75, 3.05) is 19.8 Å². The molecule has 1 aromatic carbocycles. The van der Waals surface area contributed by atoms with Gasteiger partial charge in [-0.2, -0.15) is 4.98 Å².